The Labute approximate surface area is 172 Å². The van der Waals surface area contributed by atoms with Crippen LogP contribution in [0.25, 0.3) is 0 Å². The number of amides is 1. The number of hydrogen-bond donors (Lipinski definition) is 2. The first-order valence-corrected chi connectivity index (χ1v) is 11.3. The molecule has 0 saturated heterocycles. The summed E-state index contributed by atoms with van der Waals surface area (Å²) in [5.74, 6) is -0.370. The molecule has 1 saturated carbocycles. The van der Waals surface area contributed by atoms with E-state index < -0.39 is 10.0 Å². The number of anilines is 1. The van der Waals surface area contributed by atoms with Gasteiger partial charge < -0.3 is 5.32 Å². The van der Waals surface area contributed by atoms with E-state index in [0.29, 0.717) is 23.2 Å². The van der Waals surface area contributed by atoms with Crippen molar-refractivity contribution < 1.29 is 13.2 Å². The highest BCUT2D eigenvalue weighted by Gasteiger charge is 2.23. The largest absolute Gasteiger partial charge is 0.322 e. The third-order valence-corrected chi connectivity index (χ3v) is 6.70. The van der Waals surface area contributed by atoms with Crippen LogP contribution in [0, 0.1) is 18.3 Å². The Morgan fingerprint density at radius 2 is 1.79 bits per heavy atom. The van der Waals surface area contributed by atoms with Crippen LogP contribution in [-0.2, 0) is 16.4 Å². The number of benzene rings is 2. The van der Waals surface area contributed by atoms with Crippen LogP contribution in [0.2, 0.25) is 0 Å². The van der Waals surface area contributed by atoms with Crippen molar-refractivity contribution in [1.29, 1.82) is 5.26 Å². The molecule has 3 rings (SSSR count). The van der Waals surface area contributed by atoms with Gasteiger partial charge in [0.15, 0.2) is 0 Å². The zero-order chi connectivity index (χ0) is 20.9. The summed E-state index contributed by atoms with van der Waals surface area (Å²) < 4.78 is 28.3. The average Bonchev–Trinajstić information content (AvgIpc) is 2.70. The van der Waals surface area contributed by atoms with Gasteiger partial charge in [-0.1, -0.05) is 37.5 Å². The molecule has 2 N–H and O–H groups in total. The maximum absolute atomic E-state index is 12.8. The highest BCUT2D eigenvalue weighted by Crippen LogP contribution is 2.22. The lowest BCUT2D eigenvalue weighted by Crippen LogP contribution is -2.36. The van der Waals surface area contributed by atoms with Crippen LogP contribution in [0.3, 0.4) is 0 Å². The van der Waals surface area contributed by atoms with Crippen molar-refractivity contribution in [3.8, 4) is 6.07 Å². The number of carbonyl (C=O) groups excluding carboxylic acids is 1. The fraction of sp³-hybridized carbons (Fsp3) is 0.364. The highest BCUT2D eigenvalue weighted by atomic mass is 32.2. The van der Waals surface area contributed by atoms with E-state index in [1.165, 1.54) is 12.1 Å². The van der Waals surface area contributed by atoms with Gasteiger partial charge in [-0.15, -0.1) is 0 Å². The van der Waals surface area contributed by atoms with Crippen LogP contribution in [-0.4, -0.2) is 20.4 Å². The molecule has 1 amide bonds. The van der Waals surface area contributed by atoms with E-state index >= 15 is 0 Å². The molecule has 7 heteroatoms. The fourth-order valence-electron chi connectivity index (χ4n) is 3.52. The number of nitrogens with one attached hydrogen (secondary N) is 2. The van der Waals surface area contributed by atoms with Gasteiger partial charge in [0.05, 0.1) is 17.4 Å². The summed E-state index contributed by atoms with van der Waals surface area (Å²) in [6.07, 6.45) is 5.20. The molecule has 0 heterocycles. The molecule has 0 aliphatic heterocycles. The van der Waals surface area contributed by atoms with Crippen molar-refractivity contribution in [2.24, 2.45) is 0 Å². The molecule has 0 radical (unpaired) electrons. The van der Waals surface area contributed by atoms with Crippen LogP contribution in [0.5, 0.6) is 0 Å². The molecular formula is C22H25N3O3S. The Kier molecular flexibility index (Phi) is 6.68. The molecule has 1 aliphatic rings. The lowest BCUT2D eigenvalue weighted by atomic mass is 9.96. The molecule has 0 unspecified atom stereocenters. The molecule has 2 aromatic rings. The number of nitriles is 1. The van der Waals surface area contributed by atoms with E-state index in [0.717, 1.165) is 37.7 Å². The van der Waals surface area contributed by atoms with Crippen molar-refractivity contribution in [3.63, 3.8) is 0 Å². The minimum absolute atomic E-state index is 0.0424. The molecule has 1 fully saturated rings. The first-order valence-electron chi connectivity index (χ1n) is 9.79. The molecule has 152 valence electrons. The van der Waals surface area contributed by atoms with Gasteiger partial charge in [0.1, 0.15) is 0 Å². The molecule has 0 atom stereocenters. The van der Waals surface area contributed by atoms with Gasteiger partial charge >= 0.3 is 0 Å². The Bertz CT molecular complexity index is 1020. The second-order valence-corrected chi connectivity index (χ2v) is 9.13. The van der Waals surface area contributed by atoms with Gasteiger partial charge in [0.2, 0.25) is 10.0 Å². The molecule has 29 heavy (non-hydrogen) atoms. The lowest BCUT2D eigenvalue weighted by molar-refractivity contribution is 0.102. The number of nitrogens with zero attached hydrogens (tertiary/aromatic N) is 1. The molecule has 2 aromatic carbocycles. The zero-order valence-corrected chi connectivity index (χ0v) is 17.3. The smallest absolute Gasteiger partial charge is 0.255 e. The average molecular weight is 412 g/mol. The predicted molar refractivity (Wildman–Crippen MR) is 112 cm³/mol. The van der Waals surface area contributed by atoms with Crippen LogP contribution in [0.15, 0.2) is 47.4 Å². The van der Waals surface area contributed by atoms with E-state index in [2.05, 4.69) is 16.1 Å². The number of carbonyl (C=O) groups is 1. The zero-order valence-electron chi connectivity index (χ0n) is 16.4. The number of hydrogen-bond acceptors (Lipinski definition) is 4. The second kappa shape index (κ2) is 9.21. The van der Waals surface area contributed by atoms with Crippen molar-refractivity contribution in [1.82, 2.24) is 4.72 Å². The maximum atomic E-state index is 12.8. The number of aryl methyl sites for hydroxylation is 1. The molecule has 0 aromatic heterocycles. The Hall–Kier alpha value is -2.69. The van der Waals surface area contributed by atoms with Crippen molar-refractivity contribution in [3.05, 3.63) is 59.2 Å². The summed E-state index contributed by atoms with van der Waals surface area (Å²) in [6, 6.07) is 13.7. The molecular weight excluding hydrogens is 386 g/mol. The molecule has 0 spiro atoms. The van der Waals surface area contributed by atoms with E-state index in [1.54, 1.807) is 37.3 Å². The summed E-state index contributed by atoms with van der Waals surface area (Å²) in [6.45, 7) is 1.77. The van der Waals surface area contributed by atoms with Gasteiger partial charge in [0.25, 0.3) is 5.91 Å². The van der Waals surface area contributed by atoms with E-state index in [4.69, 9.17) is 5.26 Å². The summed E-state index contributed by atoms with van der Waals surface area (Å²) in [5.41, 5.74) is 2.46. The number of sulfonamides is 1. The Morgan fingerprint density at radius 3 is 2.45 bits per heavy atom. The molecule has 6 nitrogen and oxygen atoms in total. The normalized spacial score (nSPS) is 14.9. The second-order valence-electron chi connectivity index (χ2n) is 7.42. The fourth-order valence-corrected chi connectivity index (χ4v) is 4.85. The van der Waals surface area contributed by atoms with Gasteiger partial charge in [-0.3, -0.25) is 4.79 Å². The SMILES string of the molecule is Cc1ccc(S(=O)(=O)NC2CCCCC2)cc1C(=O)Nc1ccc(CC#N)cc1. The van der Waals surface area contributed by atoms with Gasteiger partial charge in [-0.25, -0.2) is 13.1 Å². The van der Waals surface area contributed by atoms with E-state index in [9.17, 15) is 13.2 Å². The highest BCUT2D eigenvalue weighted by molar-refractivity contribution is 7.89. The van der Waals surface area contributed by atoms with Gasteiger partial charge in [-0.2, -0.15) is 5.26 Å². The van der Waals surface area contributed by atoms with E-state index in [1.807, 2.05) is 0 Å². The monoisotopic (exact) mass is 411 g/mol. The first kappa shape index (κ1) is 21.0. The topological polar surface area (TPSA) is 99.1 Å². The van der Waals surface area contributed by atoms with Crippen molar-refractivity contribution >= 4 is 21.6 Å². The Morgan fingerprint density at radius 1 is 1.10 bits per heavy atom. The first-order chi connectivity index (χ1) is 13.9. The summed E-state index contributed by atoms with van der Waals surface area (Å²) in [5, 5.41) is 11.5. The molecule has 0 bridgehead atoms. The third kappa shape index (κ3) is 5.43. The minimum Gasteiger partial charge on any atom is -0.322 e. The quantitative estimate of drug-likeness (QED) is 0.752. The number of rotatable bonds is 6. The van der Waals surface area contributed by atoms with E-state index in [-0.39, 0.29) is 16.8 Å². The predicted octanol–water partition coefficient (Wildman–Crippen LogP) is 3.92. The summed E-state index contributed by atoms with van der Waals surface area (Å²) in [7, 11) is -3.68. The van der Waals surface area contributed by atoms with Crippen LogP contribution in [0.4, 0.5) is 5.69 Å². The van der Waals surface area contributed by atoms with Gasteiger partial charge in [0, 0.05) is 17.3 Å². The third-order valence-electron chi connectivity index (χ3n) is 5.19. The summed E-state index contributed by atoms with van der Waals surface area (Å²) >= 11 is 0. The molecule has 1 aliphatic carbocycles. The van der Waals surface area contributed by atoms with Crippen LogP contribution >= 0.6 is 0 Å². The van der Waals surface area contributed by atoms with Crippen LogP contribution < -0.4 is 10.0 Å². The van der Waals surface area contributed by atoms with Gasteiger partial charge in [-0.05, 0) is 55.2 Å². The Balaban J connectivity index is 1.77. The van der Waals surface area contributed by atoms with Crippen molar-refractivity contribution in [2.45, 2.75) is 56.4 Å². The lowest BCUT2D eigenvalue weighted by Gasteiger charge is -2.22. The van der Waals surface area contributed by atoms with Crippen molar-refractivity contribution in [2.75, 3.05) is 5.32 Å². The maximum Gasteiger partial charge on any atom is 0.255 e. The standard InChI is InChI=1S/C22H25N3O3S/c1-16-7-12-20(29(27,28)25-19-5-3-2-4-6-19)15-21(16)22(26)24-18-10-8-17(9-11-18)13-14-23/h7-12,15,19,25H,2-6,13H2,1H3,(H,24,26). The summed E-state index contributed by atoms with van der Waals surface area (Å²) in [4.78, 5) is 12.8. The minimum atomic E-state index is -3.68. The van der Waals surface area contributed by atoms with Crippen LogP contribution in [0.1, 0.15) is 53.6 Å².